The van der Waals surface area contributed by atoms with Crippen LogP contribution < -0.4 is 5.73 Å². The van der Waals surface area contributed by atoms with Crippen molar-refractivity contribution in [3.8, 4) is 0 Å². The van der Waals surface area contributed by atoms with Crippen LogP contribution in [0, 0.1) is 5.82 Å². The summed E-state index contributed by atoms with van der Waals surface area (Å²) in [5, 5.41) is 4.70. The first-order valence-electron chi connectivity index (χ1n) is 5.25. The molecule has 17 heavy (non-hydrogen) atoms. The van der Waals surface area contributed by atoms with E-state index in [2.05, 4.69) is 5.10 Å². The van der Waals surface area contributed by atoms with Crippen LogP contribution in [0.25, 0.3) is 0 Å². The number of nitrogens with two attached hydrogens (primary N) is 1. The van der Waals surface area contributed by atoms with Crippen molar-refractivity contribution in [2.75, 3.05) is 0 Å². The molecule has 0 aliphatic rings. The predicted octanol–water partition coefficient (Wildman–Crippen LogP) is 2.46. The summed E-state index contributed by atoms with van der Waals surface area (Å²) >= 11 is 5.82. The SMILES string of the molecule is Cn1ccc(C(N)Cc2cc(Cl)ccc2F)n1. The second kappa shape index (κ2) is 4.85. The van der Waals surface area contributed by atoms with E-state index in [9.17, 15) is 4.39 Å². The highest BCUT2D eigenvalue weighted by atomic mass is 35.5. The van der Waals surface area contributed by atoms with Crippen LogP contribution in [-0.4, -0.2) is 9.78 Å². The zero-order valence-electron chi connectivity index (χ0n) is 9.40. The number of hydrogen-bond donors (Lipinski definition) is 1. The number of hydrogen-bond acceptors (Lipinski definition) is 2. The number of rotatable bonds is 3. The van der Waals surface area contributed by atoms with Crippen LogP contribution in [0.1, 0.15) is 17.3 Å². The van der Waals surface area contributed by atoms with Crippen molar-refractivity contribution in [1.82, 2.24) is 9.78 Å². The molecule has 1 atom stereocenters. The number of halogens is 2. The number of aryl methyl sites for hydroxylation is 1. The van der Waals surface area contributed by atoms with E-state index in [1.54, 1.807) is 10.7 Å². The van der Waals surface area contributed by atoms with Gasteiger partial charge in [0.1, 0.15) is 5.82 Å². The van der Waals surface area contributed by atoms with E-state index in [0.29, 0.717) is 17.0 Å². The van der Waals surface area contributed by atoms with Gasteiger partial charge in [0.15, 0.2) is 0 Å². The first-order chi connectivity index (χ1) is 8.06. The maximum atomic E-state index is 13.5. The molecule has 0 saturated carbocycles. The summed E-state index contributed by atoms with van der Waals surface area (Å²) in [7, 11) is 1.82. The maximum Gasteiger partial charge on any atom is 0.126 e. The van der Waals surface area contributed by atoms with Crippen molar-refractivity contribution >= 4 is 11.6 Å². The third-order valence-electron chi connectivity index (χ3n) is 2.56. The van der Waals surface area contributed by atoms with Crippen LogP contribution in [-0.2, 0) is 13.5 Å². The highest BCUT2D eigenvalue weighted by Crippen LogP contribution is 2.20. The van der Waals surface area contributed by atoms with Crippen LogP contribution >= 0.6 is 11.6 Å². The molecule has 2 N–H and O–H groups in total. The molecule has 0 radical (unpaired) electrons. The molecule has 2 rings (SSSR count). The van der Waals surface area contributed by atoms with Crippen LogP contribution in [0.2, 0.25) is 5.02 Å². The van der Waals surface area contributed by atoms with Crippen molar-refractivity contribution in [3.05, 3.63) is 52.6 Å². The second-order valence-corrected chi connectivity index (χ2v) is 4.40. The highest BCUT2D eigenvalue weighted by molar-refractivity contribution is 6.30. The van der Waals surface area contributed by atoms with Gasteiger partial charge < -0.3 is 5.73 Å². The van der Waals surface area contributed by atoms with Gasteiger partial charge in [-0.05, 0) is 36.2 Å². The number of aromatic nitrogens is 2. The molecule has 0 fully saturated rings. The lowest BCUT2D eigenvalue weighted by molar-refractivity contribution is 0.586. The van der Waals surface area contributed by atoms with Gasteiger partial charge in [-0.25, -0.2) is 4.39 Å². The lowest BCUT2D eigenvalue weighted by Gasteiger charge is -2.10. The predicted molar refractivity (Wildman–Crippen MR) is 65.3 cm³/mol. The molecule has 2 aromatic rings. The van der Waals surface area contributed by atoms with Crippen molar-refractivity contribution in [1.29, 1.82) is 0 Å². The fourth-order valence-electron chi connectivity index (χ4n) is 1.67. The van der Waals surface area contributed by atoms with Gasteiger partial charge in [0, 0.05) is 18.3 Å². The van der Waals surface area contributed by atoms with E-state index >= 15 is 0 Å². The zero-order chi connectivity index (χ0) is 12.4. The minimum absolute atomic E-state index is 0.291. The van der Waals surface area contributed by atoms with E-state index in [4.69, 9.17) is 17.3 Å². The largest absolute Gasteiger partial charge is 0.322 e. The van der Waals surface area contributed by atoms with Gasteiger partial charge in [0.2, 0.25) is 0 Å². The molecule has 1 aromatic carbocycles. The summed E-state index contributed by atoms with van der Waals surface area (Å²) in [6, 6.07) is 5.96. The molecule has 1 heterocycles. The Bertz CT molecular complexity index is 524. The summed E-state index contributed by atoms with van der Waals surface area (Å²) in [6.07, 6.45) is 2.19. The Balaban J connectivity index is 2.18. The van der Waals surface area contributed by atoms with Crippen molar-refractivity contribution in [2.24, 2.45) is 12.8 Å². The molecule has 1 unspecified atom stereocenters. The van der Waals surface area contributed by atoms with Gasteiger partial charge in [-0.3, -0.25) is 4.68 Å². The summed E-state index contributed by atoms with van der Waals surface area (Å²) in [6.45, 7) is 0. The molecular formula is C12H13ClFN3. The summed E-state index contributed by atoms with van der Waals surface area (Å²) in [4.78, 5) is 0. The van der Waals surface area contributed by atoms with Crippen LogP contribution in [0.15, 0.2) is 30.5 Å². The molecular weight excluding hydrogens is 241 g/mol. The Labute approximate surface area is 104 Å². The third-order valence-corrected chi connectivity index (χ3v) is 2.80. The maximum absolute atomic E-state index is 13.5. The van der Waals surface area contributed by atoms with Gasteiger partial charge in [-0.1, -0.05) is 11.6 Å². The molecule has 0 aliphatic carbocycles. The quantitative estimate of drug-likeness (QED) is 0.913. The summed E-state index contributed by atoms with van der Waals surface area (Å²) in [5.74, 6) is -0.291. The van der Waals surface area contributed by atoms with Gasteiger partial charge >= 0.3 is 0 Å². The van der Waals surface area contributed by atoms with E-state index in [1.165, 1.54) is 12.1 Å². The molecule has 0 aliphatic heterocycles. The standard InChI is InChI=1S/C12H13ClFN3/c1-17-5-4-12(16-17)11(15)7-8-6-9(13)2-3-10(8)14/h2-6,11H,7,15H2,1H3. The molecule has 0 saturated heterocycles. The lowest BCUT2D eigenvalue weighted by Crippen LogP contribution is -2.15. The van der Waals surface area contributed by atoms with E-state index in [1.807, 2.05) is 19.3 Å². The van der Waals surface area contributed by atoms with Gasteiger partial charge in [0.05, 0.1) is 11.7 Å². The van der Waals surface area contributed by atoms with E-state index in [-0.39, 0.29) is 11.9 Å². The third kappa shape index (κ3) is 2.84. The lowest BCUT2D eigenvalue weighted by atomic mass is 10.0. The molecule has 0 amide bonds. The highest BCUT2D eigenvalue weighted by Gasteiger charge is 2.13. The average molecular weight is 254 g/mol. The van der Waals surface area contributed by atoms with E-state index < -0.39 is 0 Å². The monoisotopic (exact) mass is 253 g/mol. The Morgan fingerprint density at radius 1 is 1.47 bits per heavy atom. The fourth-order valence-corrected chi connectivity index (χ4v) is 1.87. The Morgan fingerprint density at radius 3 is 2.88 bits per heavy atom. The molecule has 3 nitrogen and oxygen atoms in total. The van der Waals surface area contributed by atoms with Crippen LogP contribution in [0.3, 0.4) is 0 Å². The first kappa shape index (κ1) is 12.1. The Morgan fingerprint density at radius 2 is 2.24 bits per heavy atom. The normalized spacial score (nSPS) is 12.7. The fraction of sp³-hybridized carbons (Fsp3) is 0.250. The van der Waals surface area contributed by atoms with Crippen LogP contribution in [0.4, 0.5) is 4.39 Å². The second-order valence-electron chi connectivity index (χ2n) is 3.96. The summed E-state index contributed by atoms with van der Waals surface area (Å²) in [5.41, 5.74) is 7.23. The smallest absolute Gasteiger partial charge is 0.126 e. The molecule has 90 valence electrons. The minimum Gasteiger partial charge on any atom is -0.322 e. The van der Waals surface area contributed by atoms with Crippen LogP contribution in [0.5, 0.6) is 0 Å². The average Bonchev–Trinajstić information content (AvgIpc) is 2.70. The Hall–Kier alpha value is -1.39. The number of benzene rings is 1. The topological polar surface area (TPSA) is 43.8 Å². The van der Waals surface area contributed by atoms with Gasteiger partial charge in [0.25, 0.3) is 0 Å². The van der Waals surface area contributed by atoms with Crippen molar-refractivity contribution in [3.63, 3.8) is 0 Å². The van der Waals surface area contributed by atoms with Crippen molar-refractivity contribution < 1.29 is 4.39 Å². The zero-order valence-corrected chi connectivity index (χ0v) is 10.2. The first-order valence-corrected chi connectivity index (χ1v) is 5.63. The number of nitrogens with zero attached hydrogens (tertiary/aromatic N) is 2. The Kier molecular flexibility index (Phi) is 3.45. The minimum atomic E-state index is -0.329. The van der Waals surface area contributed by atoms with Gasteiger partial charge in [-0.2, -0.15) is 5.10 Å². The molecule has 0 bridgehead atoms. The molecule has 0 spiro atoms. The summed E-state index contributed by atoms with van der Waals surface area (Å²) < 4.78 is 15.2. The van der Waals surface area contributed by atoms with Crippen molar-refractivity contribution in [2.45, 2.75) is 12.5 Å². The van der Waals surface area contributed by atoms with E-state index in [0.717, 1.165) is 5.69 Å². The molecule has 1 aromatic heterocycles. The molecule has 5 heteroatoms. The van der Waals surface area contributed by atoms with Gasteiger partial charge in [-0.15, -0.1) is 0 Å².